The minimum absolute atomic E-state index is 0.0714. The molecular weight excluding hydrogens is 238 g/mol. The average molecular weight is 259 g/mol. The molecule has 0 aliphatic heterocycles. The third-order valence-electron chi connectivity index (χ3n) is 2.45. The van der Waals surface area contributed by atoms with Gasteiger partial charge < -0.3 is 21.1 Å². The molecule has 18 heavy (non-hydrogen) atoms. The fourth-order valence-corrected chi connectivity index (χ4v) is 1.27. The maximum atomic E-state index is 11.4. The Kier molecular flexibility index (Phi) is 7.50. The van der Waals surface area contributed by atoms with Crippen molar-refractivity contribution in [2.75, 3.05) is 13.6 Å². The maximum Gasteiger partial charge on any atom is 0.315 e. The SMILES string of the molecule is CNC(=O)C(C)NC(=O)NCC(C)CCC(=O)O. The second kappa shape index (κ2) is 8.32. The van der Waals surface area contributed by atoms with Crippen LogP contribution < -0.4 is 16.0 Å². The van der Waals surface area contributed by atoms with E-state index in [0.29, 0.717) is 13.0 Å². The first kappa shape index (κ1) is 16.2. The van der Waals surface area contributed by atoms with E-state index in [1.807, 2.05) is 6.92 Å². The summed E-state index contributed by atoms with van der Waals surface area (Å²) in [7, 11) is 1.49. The third-order valence-corrected chi connectivity index (χ3v) is 2.45. The van der Waals surface area contributed by atoms with Crippen LogP contribution in [-0.4, -0.2) is 42.6 Å². The summed E-state index contributed by atoms with van der Waals surface area (Å²) >= 11 is 0. The van der Waals surface area contributed by atoms with Gasteiger partial charge in [-0.1, -0.05) is 6.92 Å². The lowest BCUT2D eigenvalue weighted by molar-refractivity contribution is -0.137. The zero-order valence-corrected chi connectivity index (χ0v) is 10.9. The quantitative estimate of drug-likeness (QED) is 0.513. The van der Waals surface area contributed by atoms with E-state index in [4.69, 9.17) is 5.11 Å². The molecule has 7 heteroatoms. The number of likely N-dealkylation sites (N-methyl/N-ethyl adjacent to an activating group) is 1. The Bertz CT molecular complexity index is 307. The van der Waals surface area contributed by atoms with Gasteiger partial charge in [-0.25, -0.2) is 4.79 Å². The van der Waals surface area contributed by atoms with E-state index in [2.05, 4.69) is 16.0 Å². The van der Waals surface area contributed by atoms with Gasteiger partial charge in [-0.05, 0) is 19.3 Å². The number of carbonyl (C=O) groups is 3. The normalized spacial score (nSPS) is 13.3. The second-order valence-corrected chi connectivity index (χ2v) is 4.23. The smallest absolute Gasteiger partial charge is 0.315 e. The molecule has 2 atom stereocenters. The lowest BCUT2D eigenvalue weighted by Gasteiger charge is -2.15. The van der Waals surface area contributed by atoms with E-state index < -0.39 is 18.0 Å². The molecule has 104 valence electrons. The Morgan fingerprint density at radius 1 is 1.22 bits per heavy atom. The number of carbonyl (C=O) groups excluding carboxylic acids is 2. The topological polar surface area (TPSA) is 108 Å². The van der Waals surface area contributed by atoms with Crippen LogP contribution in [0, 0.1) is 5.92 Å². The highest BCUT2D eigenvalue weighted by Gasteiger charge is 2.14. The van der Waals surface area contributed by atoms with Crippen molar-refractivity contribution in [3.63, 3.8) is 0 Å². The van der Waals surface area contributed by atoms with Crippen LogP contribution in [0.4, 0.5) is 4.79 Å². The van der Waals surface area contributed by atoms with Crippen LogP contribution >= 0.6 is 0 Å². The molecule has 0 aromatic carbocycles. The number of aliphatic carboxylic acids is 1. The Morgan fingerprint density at radius 3 is 2.33 bits per heavy atom. The van der Waals surface area contributed by atoms with Crippen LogP contribution in [0.2, 0.25) is 0 Å². The predicted molar refractivity (Wildman–Crippen MR) is 66.1 cm³/mol. The molecular formula is C11H21N3O4. The molecule has 0 spiro atoms. The van der Waals surface area contributed by atoms with E-state index in [1.54, 1.807) is 6.92 Å². The number of hydrogen-bond donors (Lipinski definition) is 4. The molecule has 0 aromatic rings. The van der Waals surface area contributed by atoms with Crippen LogP contribution in [0.1, 0.15) is 26.7 Å². The molecule has 0 aromatic heterocycles. The van der Waals surface area contributed by atoms with Crippen LogP contribution in [0.25, 0.3) is 0 Å². The van der Waals surface area contributed by atoms with Crippen molar-refractivity contribution in [3.8, 4) is 0 Å². The van der Waals surface area contributed by atoms with Crippen molar-refractivity contribution in [2.24, 2.45) is 5.92 Å². The molecule has 0 rings (SSSR count). The first-order valence-corrected chi connectivity index (χ1v) is 5.84. The molecule has 0 heterocycles. The molecule has 0 radical (unpaired) electrons. The van der Waals surface area contributed by atoms with Crippen molar-refractivity contribution in [2.45, 2.75) is 32.7 Å². The van der Waals surface area contributed by atoms with Gasteiger partial charge in [0, 0.05) is 20.0 Å². The molecule has 0 saturated heterocycles. The monoisotopic (exact) mass is 259 g/mol. The van der Waals surface area contributed by atoms with E-state index in [-0.39, 0.29) is 18.2 Å². The van der Waals surface area contributed by atoms with Gasteiger partial charge in [0.15, 0.2) is 0 Å². The summed E-state index contributed by atoms with van der Waals surface area (Å²) in [6, 6.07) is -1.04. The molecule has 4 N–H and O–H groups in total. The zero-order chi connectivity index (χ0) is 14.1. The van der Waals surface area contributed by atoms with E-state index in [9.17, 15) is 14.4 Å². The van der Waals surface area contributed by atoms with Gasteiger partial charge >= 0.3 is 12.0 Å². The van der Waals surface area contributed by atoms with E-state index in [1.165, 1.54) is 7.05 Å². The van der Waals surface area contributed by atoms with Gasteiger partial charge in [0.05, 0.1) is 0 Å². The van der Waals surface area contributed by atoms with Gasteiger partial charge in [-0.15, -0.1) is 0 Å². The summed E-state index contributed by atoms with van der Waals surface area (Å²) in [6.45, 7) is 3.80. The van der Waals surface area contributed by atoms with Gasteiger partial charge in [-0.2, -0.15) is 0 Å². The van der Waals surface area contributed by atoms with E-state index >= 15 is 0 Å². The number of nitrogens with one attached hydrogen (secondary N) is 3. The second-order valence-electron chi connectivity index (χ2n) is 4.23. The summed E-state index contributed by atoms with van der Waals surface area (Å²) in [5.41, 5.74) is 0. The van der Waals surface area contributed by atoms with E-state index in [0.717, 1.165) is 0 Å². The summed E-state index contributed by atoms with van der Waals surface area (Å²) < 4.78 is 0. The molecule has 0 aliphatic carbocycles. The fraction of sp³-hybridized carbons (Fsp3) is 0.727. The molecule has 0 fully saturated rings. The van der Waals surface area contributed by atoms with Crippen molar-refractivity contribution < 1.29 is 19.5 Å². The van der Waals surface area contributed by atoms with Crippen molar-refractivity contribution in [3.05, 3.63) is 0 Å². The Balaban J connectivity index is 3.82. The summed E-state index contributed by atoms with van der Waals surface area (Å²) in [5.74, 6) is -1.05. The van der Waals surface area contributed by atoms with Gasteiger partial charge in [-0.3, -0.25) is 9.59 Å². The molecule has 7 nitrogen and oxygen atoms in total. The van der Waals surface area contributed by atoms with Crippen molar-refractivity contribution >= 4 is 17.9 Å². The first-order chi connectivity index (χ1) is 8.36. The highest BCUT2D eigenvalue weighted by Crippen LogP contribution is 2.03. The number of carboxylic acid groups (broad SMARTS) is 1. The largest absolute Gasteiger partial charge is 0.481 e. The lowest BCUT2D eigenvalue weighted by atomic mass is 10.1. The van der Waals surface area contributed by atoms with Crippen molar-refractivity contribution in [1.82, 2.24) is 16.0 Å². The molecule has 2 unspecified atom stereocenters. The average Bonchev–Trinajstić information content (AvgIpc) is 2.32. The number of urea groups is 1. The standard InChI is InChI=1S/C11H21N3O4/c1-7(4-5-9(15)16)6-13-11(18)14-8(2)10(17)12-3/h7-8H,4-6H2,1-3H3,(H,12,17)(H,15,16)(H2,13,14,18). The summed E-state index contributed by atoms with van der Waals surface area (Å²) in [4.78, 5) is 32.9. The first-order valence-electron chi connectivity index (χ1n) is 5.84. The van der Waals surface area contributed by atoms with Crippen molar-refractivity contribution in [1.29, 1.82) is 0 Å². The number of carboxylic acids is 1. The third kappa shape index (κ3) is 7.48. The maximum absolute atomic E-state index is 11.4. The predicted octanol–water partition coefficient (Wildman–Crippen LogP) is -0.0790. The highest BCUT2D eigenvalue weighted by atomic mass is 16.4. The number of amides is 3. The van der Waals surface area contributed by atoms with Gasteiger partial charge in [0.1, 0.15) is 6.04 Å². The fourth-order valence-electron chi connectivity index (χ4n) is 1.27. The molecule has 3 amide bonds. The van der Waals surface area contributed by atoms with Gasteiger partial charge in [0.2, 0.25) is 5.91 Å². The Hall–Kier alpha value is -1.79. The zero-order valence-electron chi connectivity index (χ0n) is 10.9. The molecule has 0 saturated carbocycles. The summed E-state index contributed by atoms with van der Waals surface area (Å²) in [5, 5.41) is 16.0. The van der Waals surface area contributed by atoms with Gasteiger partial charge in [0.25, 0.3) is 0 Å². The molecule has 0 aliphatic rings. The molecule has 0 bridgehead atoms. The Labute approximate surface area is 106 Å². The van der Waals surface area contributed by atoms with Crippen LogP contribution in [0.5, 0.6) is 0 Å². The van der Waals surface area contributed by atoms with Crippen LogP contribution in [0.3, 0.4) is 0 Å². The summed E-state index contributed by atoms with van der Waals surface area (Å²) in [6.07, 6.45) is 0.583. The highest BCUT2D eigenvalue weighted by molar-refractivity contribution is 5.86. The number of rotatable bonds is 7. The van der Waals surface area contributed by atoms with Crippen LogP contribution in [0.15, 0.2) is 0 Å². The lowest BCUT2D eigenvalue weighted by Crippen LogP contribution is -2.48. The van der Waals surface area contributed by atoms with Crippen LogP contribution in [-0.2, 0) is 9.59 Å². The Morgan fingerprint density at radius 2 is 1.83 bits per heavy atom. The minimum Gasteiger partial charge on any atom is -0.481 e. The minimum atomic E-state index is -0.848. The number of hydrogen-bond acceptors (Lipinski definition) is 3.